The standard InChI is InChI=1S/C22H35BO5/c1-19(2,3)26-18(24)14-15-20(4,5)25-17-12-10-16(11-13-17)23-27-21(6,7)22(8,9)28-23/h10-13H,14-15H2,1-9H3. The number of hydrogen-bond acceptors (Lipinski definition) is 5. The van der Waals surface area contributed by atoms with E-state index in [0.29, 0.717) is 12.8 Å². The number of benzene rings is 1. The molecule has 1 saturated heterocycles. The van der Waals surface area contributed by atoms with Crippen LogP contribution in [0.25, 0.3) is 0 Å². The highest BCUT2D eigenvalue weighted by Crippen LogP contribution is 2.36. The van der Waals surface area contributed by atoms with E-state index in [1.54, 1.807) is 0 Å². The molecule has 28 heavy (non-hydrogen) atoms. The van der Waals surface area contributed by atoms with Crippen molar-refractivity contribution < 1.29 is 23.6 Å². The Kier molecular flexibility index (Phi) is 6.27. The maximum atomic E-state index is 11.9. The summed E-state index contributed by atoms with van der Waals surface area (Å²) in [6, 6.07) is 7.74. The minimum absolute atomic E-state index is 0.208. The second-order valence-corrected chi connectivity index (χ2v) is 10.1. The Labute approximate surface area is 170 Å². The Hall–Kier alpha value is -1.53. The molecule has 0 amide bonds. The third-order valence-corrected chi connectivity index (χ3v) is 5.15. The van der Waals surface area contributed by atoms with E-state index in [4.69, 9.17) is 18.8 Å². The molecule has 2 rings (SSSR count). The van der Waals surface area contributed by atoms with Crippen LogP contribution >= 0.6 is 0 Å². The molecule has 0 saturated carbocycles. The monoisotopic (exact) mass is 390 g/mol. The van der Waals surface area contributed by atoms with E-state index in [2.05, 4.69) is 0 Å². The number of carbonyl (C=O) groups is 1. The van der Waals surface area contributed by atoms with E-state index in [-0.39, 0.29) is 24.3 Å². The predicted molar refractivity (Wildman–Crippen MR) is 112 cm³/mol. The number of carbonyl (C=O) groups excluding carboxylic acids is 1. The van der Waals surface area contributed by atoms with Crippen LogP contribution in [0.2, 0.25) is 0 Å². The molecule has 0 radical (unpaired) electrons. The molecule has 1 fully saturated rings. The highest BCUT2D eigenvalue weighted by atomic mass is 16.7. The maximum absolute atomic E-state index is 11.9. The Morgan fingerprint density at radius 3 is 1.93 bits per heavy atom. The molecular weight excluding hydrogens is 355 g/mol. The Morgan fingerprint density at radius 2 is 1.46 bits per heavy atom. The number of esters is 1. The molecule has 0 aliphatic carbocycles. The van der Waals surface area contributed by atoms with E-state index in [0.717, 1.165) is 11.2 Å². The topological polar surface area (TPSA) is 54.0 Å². The van der Waals surface area contributed by atoms with Crippen LogP contribution in [0, 0.1) is 0 Å². The van der Waals surface area contributed by atoms with Gasteiger partial charge in [0.15, 0.2) is 0 Å². The molecule has 1 aromatic carbocycles. The number of ether oxygens (including phenoxy) is 2. The zero-order valence-electron chi connectivity index (χ0n) is 18.8. The lowest BCUT2D eigenvalue weighted by molar-refractivity contribution is -0.155. The van der Waals surface area contributed by atoms with Crippen molar-refractivity contribution >= 4 is 18.6 Å². The van der Waals surface area contributed by atoms with Gasteiger partial charge in [-0.25, -0.2) is 0 Å². The zero-order valence-corrected chi connectivity index (χ0v) is 18.8. The average molecular weight is 390 g/mol. The van der Waals surface area contributed by atoms with Crippen LogP contribution in [-0.2, 0) is 18.8 Å². The molecule has 1 aromatic rings. The fraction of sp³-hybridized carbons (Fsp3) is 0.682. The Morgan fingerprint density at radius 1 is 0.964 bits per heavy atom. The number of rotatable bonds is 6. The van der Waals surface area contributed by atoms with E-state index in [1.165, 1.54) is 0 Å². The third kappa shape index (κ3) is 5.98. The van der Waals surface area contributed by atoms with Gasteiger partial charge in [0, 0.05) is 6.42 Å². The first-order valence-electron chi connectivity index (χ1n) is 9.97. The maximum Gasteiger partial charge on any atom is 0.494 e. The minimum Gasteiger partial charge on any atom is -0.488 e. The van der Waals surface area contributed by atoms with E-state index >= 15 is 0 Å². The Bertz CT molecular complexity index is 670. The molecule has 1 heterocycles. The molecule has 0 bridgehead atoms. The Balaban J connectivity index is 1.94. The normalized spacial score (nSPS) is 18.8. The molecule has 0 unspecified atom stereocenters. The molecule has 1 aliphatic rings. The molecule has 6 heteroatoms. The minimum atomic E-state index is -0.483. The molecule has 156 valence electrons. The summed E-state index contributed by atoms with van der Waals surface area (Å²) >= 11 is 0. The van der Waals surface area contributed by atoms with Crippen LogP contribution < -0.4 is 10.2 Å². The highest BCUT2D eigenvalue weighted by Gasteiger charge is 2.51. The lowest BCUT2D eigenvalue weighted by Crippen LogP contribution is -2.41. The molecule has 0 N–H and O–H groups in total. The molecule has 0 atom stereocenters. The smallest absolute Gasteiger partial charge is 0.488 e. The van der Waals surface area contributed by atoms with Crippen molar-refractivity contribution in [1.82, 2.24) is 0 Å². The first-order chi connectivity index (χ1) is 12.6. The summed E-state index contributed by atoms with van der Waals surface area (Å²) in [5, 5.41) is 0. The van der Waals surface area contributed by atoms with Gasteiger partial charge in [-0.05, 0) is 86.3 Å². The fourth-order valence-corrected chi connectivity index (χ4v) is 2.84. The lowest BCUT2D eigenvalue weighted by atomic mass is 9.79. The van der Waals surface area contributed by atoms with Crippen LogP contribution in [0.1, 0.15) is 75.2 Å². The van der Waals surface area contributed by atoms with Crippen LogP contribution in [-0.4, -0.2) is 35.5 Å². The van der Waals surface area contributed by atoms with Gasteiger partial charge in [0.1, 0.15) is 17.0 Å². The second-order valence-electron chi connectivity index (χ2n) is 10.1. The van der Waals surface area contributed by atoms with Crippen molar-refractivity contribution in [3.63, 3.8) is 0 Å². The van der Waals surface area contributed by atoms with Gasteiger partial charge in [-0.15, -0.1) is 0 Å². The van der Waals surface area contributed by atoms with Crippen molar-refractivity contribution in [2.45, 2.75) is 97.6 Å². The average Bonchev–Trinajstić information content (AvgIpc) is 2.72. The molecule has 5 nitrogen and oxygen atoms in total. The van der Waals surface area contributed by atoms with Crippen molar-refractivity contribution in [3.05, 3.63) is 24.3 Å². The van der Waals surface area contributed by atoms with E-state index < -0.39 is 11.2 Å². The van der Waals surface area contributed by atoms with Gasteiger partial charge < -0.3 is 18.8 Å². The van der Waals surface area contributed by atoms with Crippen LogP contribution in [0.15, 0.2) is 24.3 Å². The zero-order chi connectivity index (χ0) is 21.4. The van der Waals surface area contributed by atoms with E-state index in [9.17, 15) is 4.79 Å². The predicted octanol–water partition coefficient (Wildman–Crippen LogP) is 4.27. The first-order valence-corrected chi connectivity index (χ1v) is 9.97. The summed E-state index contributed by atoms with van der Waals surface area (Å²) in [4.78, 5) is 11.9. The van der Waals surface area contributed by atoms with Crippen molar-refractivity contribution in [2.24, 2.45) is 0 Å². The third-order valence-electron chi connectivity index (χ3n) is 5.15. The van der Waals surface area contributed by atoms with Gasteiger partial charge in [0.05, 0.1) is 11.2 Å². The second kappa shape index (κ2) is 7.71. The van der Waals surface area contributed by atoms with Crippen LogP contribution in [0.3, 0.4) is 0 Å². The molecule has 0 aromatic heterocycles. The molecule has 0 spiro atoms. The quantitative estimate of drug-likeness (QED) is 0.537. The summed E-state index contributed by atoms with van der Waals surface area (Å²) in [5.74, 6) is 0.537. The molecular formula is C22H35BO5. The van der Waals surface area contributed by atoms with Gasteiger partial charge in [0.25, 0.3) is 0 Å². The van der Waals surface area contributed by atoms with Gasteiger partial charge in [-0.3, -0.25) is 4.79 Å². The number of hydrogen-bond donors (Lipinski definition) is 0. The summed E-state index contributed by atoms with van der Waals surface area (Å²) in [6.07, 6.45) is 0.886. The molecule has 1 aliphatic heterocycles. The fourth-order valence-electron chi connectivity index (χ4n) is 2.84. The van der Waals surface area contributed by atoms with Gasteiger partial charge in [-0.2, -0.15) is 0 Å². The van der Waals surface area contributed by atoms with Crippen molar-refractivity contribution in [1.29, 1.82) is 0 Å². The van der Waals surface area contributed by atoms with Crippen molar-refractivity contribution in [2.75, 3.05) is 0 Å². The summed E-state index contributed by atoms with van der Waals surface area (Å²) < 4.78 is 23.6. The van der Waals surface area contributed by atoms with Gasteiger partial charge in [-0.1, -0.05) is 12.1 Å². The van der Waals surface area contributed by atoms with Crippen LogP contribution in [0.5, 0.6) is 5.75 Å². The summed E-state index contributed by atoms with van der Waals surface area (Å²) in [7, 11) is -0.390. The van der Waals surface area contributed by atoms with E-state index in [1.807, 2.05) is 86.6 Å². The van der Waals surface area contributed by atoms with Gasteiger partial charge >= 0.3 is 13.1 Å². The highest BCUT2D eigenvalue weighted by molar-refractivity contribution is 6.62. The first kappa shape index (κ1) is 22.8. The SMILES string of the molecule is CC(C)(C)OC(=O)CCC(C)(C)Oc1ccc(B2OC(C)(C)C(C)(C)O2)cc1. The summed E-state index contributed by atoms with van der Waals surface area (Å²) in [5.41, 5.74) is -0.723. The largest absolute Gasteiger partial charge is 0.494 e. The van der Waals surface area contributed by atoms with Crippen LogP contribution in [0.4, 0.5) is 0 Å². The van der Waals surface area contributed by atoms with Crippen molar-refractivity contribution in [3.8, 4) is 5.75 Å². The lowest BCUT2D eigenvalue weighted by Gasteiger charge is -2.32. The summed E-state index contributed by atoms with van der Waals surface area (Å²) in [6.45, 7) is 17.7. The van der Waals surface area contributed by atoms with Gasteiger partial charge in [0.2, 0.25) is 0 Å².